The summed E-state index contributed by atoms with van der Waals surface area (Å²) in [4.78, 5) is 46.2. The first-order valence-corrected chi connectivity index (χ1v) is 14.1. The first kappa shape index (κ1) is 31.2. The number of nitrogens with one attached hydrogen (secondary N) is 2. The molecule has 1 aliphatic heterocycles. The summed E-state index contributed by atoms with van der Waals surface area (Å²) >= 11 is 0. The highest BCUT2D eigenvalue weighted by Crippen LogP contribution is 2.32. The summed E-state index contributed by atoms with van der Waals surface area (Å²) in [5.41, 5.74) is 0.270. The normalized spacial score (nSPS) is 13.7. The molecule has 0 bridgehead atoms. The molecule has 2 N–H and O–H groups in total. The van der Waals surface area contributed by atoms with Crippen molar-refractivity contribution in [2.75, 3.05) is 41.7 Å². The smallest absolute Gasteiger partial charge is 0.416 e. The first-order valence-electron chi connectivity index (χ1n) is 14.1. The Labute approximate surface area is 257 Å². The van der Waals surface area contributed by atoms with Crippen molar-refractivity contribution in [2.45, 2.75) is 32.5 Å². The van der Waals surface area contributed by atoms with E-state index in [1.165, 1.54) is 12.3 Å². The number of halogens is 3. The summed E-state index contributed by atoms with van der Waals surface area (Å²) in [7, 11) is 0. The third-order valence-corrected chi connectivity index (χ3v) is 6.65. The molecule has 0 unspecified atom stereocenters. The summed E-state index contributed by atoms with van der Waals surface area (Å²) < 4.78 is 45.4. The Morgan fingerprint density at radius 3 is 2.33 bits per heavy atom. The van der Waals surface area contributed by atoms with Gasteiger partial charge in [-0.25, -0.2) is 19.7 Å². The molecule has 5 heterocycles. The van der Waals surface area contributed by atoms with E-state index < -0.39 is 23.2 Å². The Morgan fingerprint density at radius 1 is 0.889 bits per heavy atom. The zero-order chi connectivity index (χ0) is 32.2. The van der Waals surface area contributed by atoms with Crippen LogP contribution in [0.15, 0.2) is 73.3 Å². The van der Waals surface area contributed by atoms with Gasteiger partial charge in [-0.3, -0.25) is 9.78 Å². The third-order valence-electron chi connectivity index (χ3n) is 6.65. The van der Waals surface area contributed by atoms with Crippen LogP contribution in [0.4, 0.5) is 41.1 Å². The summed E-state index contributed by atoms with van der Waals surface area (Å²) in [5, 5.41) is 5.63. The van der Waals surface area contributed by atoms with Crippen molar-refractivity contribution in [3.05, 3.63) is 84.4 Å². The second-order valence-electron chi connectivity index (χ2n) is 11.2. The van der Waals surface area contributed by atoms with Crippen LogP contribution in [0.2, 0.25) is 0 Å². The van der Waals surface area contributed by atoms with Crippen LogP contribution in [0.1, 0.15) is 36.7 Å². The van der Waals surface area contributed by atoms with Crippen LogP contribution in [0.25, 0.3) is 11.3 Å². The molecule has 1 saturated heterocycles. The molecule has 11 nitrogen and oxygen atoms in total. The van der Waals surface area contributed by atoms with Gasteiger partial charge in [-0.15, -0.1) is 0 Å². The Hall–Kier alpha value is -5.27. The maximum Gasteiger partial charge on any atom is 0.416 e. The molecule has 0 atom stereocenters. The fourth-order valence-corrected chi connectivity index (χ4v) is 4.52. The highest BCUT2D eigenvalue weighted by molar-refractivity contribution is 6.04. The topological polar surface area (TPSA) is 125 Å². The molecule has 234 valence electrons. The molecule has 5 rings (SSSR count). The molecular weight excluding hydrogens is 589 g/mol. The molecular formula is C31H31F3N8O3. The van der Waals surface area contributed by atoms with E-state index in [0.29, 0.717) is 54.5 Å². The number of hydrogen-bond acceptors (Lipinski definition) is 9. The molecule has 1 aliphatic rings. The fraction of sp³-hybridized carbons (Fsp3) is 0.290. The lowest BCUT2D eigenvalue weighted by atomic mass is 10.1. The van der Waals surface area contributed by atoms with E-state index in [9.17, 15) is 22.8 Å². The van der Waals surface area contributed by atoms with Crippen LogP contribution < -0.4 is 15.5 Å². The molecule has 14 heteroatoms. The fourth-order valence-electron chi connectivity index (χ4n) is 4.52. The van der Waals surface area contributed by atoms with E-state index in [1.54, 1.807) is 41.6 Å². The van der Waals surface area contributed by atoms with Crippen LogP contribution in [0.3, 0.4) is 0 Å². The van der Waals surface area contributed by atoms with Crippen LogP contribution in [-0.4, -0.2) is 68.6 Å². The number of anilines is 4. The second-order valence-corrected chi connectivity index (χ2v) is 11.2. The van der Waals surface area contributed by atoms with E-state index in [1.807, 2.05) is 31.7 Å². The van der Waals surface area contributed by atoms with Crippen molar-refractivity contribution >= 4 is 35.1 Å². The molecule has 4 aromatic rings. The van der Waals surface area contributed by atoms with Crippen molar-refractivity contribution in [3.8, 4) is 11.3 Å². The summed E-state index contributed by atoms with van der Waals surface area (Å²) in [6, 6.07) is 11.7. The number of hydrogen-bond donors (Lipinski definition) is 2. The Morgan fingerprint density at radius 2 is 1.64 bits per heavy atom. The van der Waals surface area contributed by atoms with Gasteiger partial charge in [0.1, 0.15) is 23.1 Å². The number of carbonyl (C=O) groups is 2. The van der Waals surface area contributed by atoms with Crippen LogP contribution in [0.5, 0.6) is 0 Å². The largest absolute Gasteiger partial charge is 0.444 e. The van der Waals surface area contributed by atoms with Crippen molar-refractivity contribution in [1.29, 1.82) is 0 Å². The van der Waals surface area contributed by atoms with Gasteiger partial charge in [0.15, 0.2) is 0 Å². The summed E-state index contributed by atoms with van der Waals surface area (Å²) in [5.74, 6) is 0.307. The molecule has 45 heavy (non-hydrogen) atoms. The number of nitrogens with zero attached hydrogens (tertiary/aromatic N) is 6. The minimum Gasteiger partial charge on any atom is -0.444 e. The lowest BCUT2D eigenvalue weighted by Gasteiger charge is -2.36. The second kappa shape index (κ2) is 12.8. The minimum absolute atomic E-state index is 0.0720. The number of rotatable bonds is 6. The van der Waals surface area contributed by atoms with Gasteiger partial charge in [0.25, 0.3) is 5.91 Å². The van der Waals surface area contributed by atoms with Crippen molar-refractivity contribution < 1.29 is 27.5 Å². The van der Waals surface area contributed by atoms with Crippen LogP contribution in [-0.2, 0) is 10.9 Å². The van der Waals surface area contributed by atoms with Crippen molar-refractivity contribution in [3.63, 3.8) is 0 Å². The van der Waals surface area contributed by atoms with E-state index in [2.05, 4.69) is 30.6 Å². The predicted octanol–water partition coefficient (Wildman–Crippen LogP) is 6.01. The average Bonchev–Trinajstić information content (AvgIpc) is 3.00. The quantitative estimate of drug-likeness (QED) is 0.267. The van der Waals surface area contributed by atoms with E-state index in [4.69, 9.17) is 4.74 Å². The van der Waals surface area contributed by atoms with Gasteiger partial charge < -0.3 is 25.2 Å². The molecule has 0 aromatic carbocycles. The molecule has 4 aromatic heterocycles. The lowest BCUT2D eigenvalue weighted by Crippen LogP contribution is -2.50. The SMILES string of the molecule is CC(C)(C)OC(=O)N1CCN(c2cc(-c3cc(NC(=O)c4cccnc4)cc(Nc4cc(C(F)(F)F)ccn4)n3)ccn2)CC1. The number of carbonyl (C=O) groups excluding carboxylic acids is 2. The van der Waals surface area contributed by atoms with Crippen molar-refractivity contribution in [1.82, 2.24) is 24.8 Å². The highest BCUT2D eigenvalue weighted by Gasteiger charge is 2.31. The number of aromatic nitrogens is 4. The zero-order valence-corrected chi connectivity index (χ0v) is 24.8. The molecule has 2 amide bonds. The van der Waals surface area contributed by atoms with Gasteiger partial charge in [0.05, 0.1) is 16.8 Å². The van der Waals surface area contributed by atoms with Gasteiger partial charge in [-0.2, -0.15) is 13.2 Å². The van der Waals surface area contributed by atoms with Crippen LogP contribution in [0, 0.1) is 0 Å². The van der Waals surface area contributed by atoms with Crippen molar-refractivity contribution in [2.24, 2.45) is 0 Å². The molecule has 0 saturated carbocycles. The number of alkyl halides is 3. The maximum absolute atomic E-state index is 13.3. The number of pyridine rings is 4. The maximum atomic E-state index is 13.3. The Kier molecular flexibility index (Phi) is 8.84. The lowest BCUT2D eigenvalue weighted by molar-refractivity contribution is -0.137. The number of ether oxygens (including phenoxy) is 1. The highest BCUT2D eigenvalue weighted by atomic mass is 19.4. The molecule has 0 spiro atoms. The molecule has 0 aliphatic carbocycles. The Bertz CT molecular complexity index is 1670. The average molecular weight is 621 g/mol. The van der Waals surface area contributed by atoms with Gasteiger partial charge in [-0.05, 0) is 63.2 Å². The molecule has 0 radical (unpaired) electrons. The van der Waals surface area contributed by atoms with Gasteiger partial charge in [0, 0.05) is 68.3 Å². The van der Waals surface area contributed by atoms with E-state index in [0.717, 1.165) is 18.3 Å². The van der Waals surface area contributed by atoms with E-state index >= 15 is 0 Å². The predicted molar refractivity (Wildman–Crippen MR) is 162 cm³/mol. The Balaban J connectivity index is 1.41. The molecule has 1 fully saturated rings. The monoisotopic (exact) mass is 620 g/mol. The third kappa shape index (κ3) is 8.22. The van der Waals surface area contributed by atoms with Gasteiger partial charge in [0.2, 0.25) is 0 Å². The standard InChI is InChI=1S/C31H31F3N8O3/c1-30(2,3)45-29(44)42-13-11-41(12-14-42)27-15-20(6-9-37-27)24-17-23(38-28(43)21-5-4-8-35-19-21)18-26(39-24)40-25-16-22(7-10-36-25)31(32,33)34/h4-10,15-19H,11-14H2,1-3H3,(H2,36,38,39,40,43). The van der Waals surface area contributed by atoms with Crippen LogP contribution >= 0.6 is 0 Å². The van der Waals surface area contributed by atoms with Gasteiger partial charge >= 0.3 is 12.3 Å². The number of piperazine rings is 1. The van der Waals surface area contributed by atoms with E-state index in [-0.39, 0.29) is 17.7 Å². The van der Waals surface area contributed by atoms with Gasteiger partial charge in [-0.1, -0.05) is 0 Å². The minimum atomic E-state index is -4.55. The number of amides is 2. The summed E-state index contributed by atoms with van der Waals surface area (Å²) in [6.07, 6.45) is 0.717. The first-order chi connectivity index (χ1) is 21.3. The zero-order valence-electron chi connectivity index (χ0n) is 24.8. The summed E-state index contributed by atoms with van der Waals surface area (Å²) in [6.45, 7) is 7.42.